The molecule has 2 N–H and O–H groups in total. The molecule has 3 heteroatoms. The molecule has 0 bridgehead atoms. The highest BCUT2D eigenvalue weighted by Gasteiger charge is 2.18. The van der Waals surface area contributed by atoms with E-state index in [9.17, 15) is 5.11 Å². The summed E-state index contributed by atoms with van der Waals surface area (Å²) < 4.78 is 5.34. The zero-order valence-corrected chi connectivity index (χ0v) is 8.62. The fourth-order valence-electron chi connectivity index (χ4n) is 1.67. The van der Waals surface area contributed by atoms with Crippen LogP contribution in [0.3, 0.4) is 0 Å². The Labute approximate surface area is 80.5 Å². The largest absolute Gasteiger partial charge is 0.391 e. The van der Waals surface area contributed by atoms with Gasteiger partial charge in [-0.25, -0.2) is 0 Å². The highest BCUT2D eigenvalue weighted by Crippen LogP contribution is 2.14. The first-order valence-electron chi connectivity index (χ1n) is 5.19. The molecule has 0 saturated carbocycles. The van der Waals surface area contributed by atoms with E-state index < -0.39 is 0 Å². The van der Waals surface area contributed by atoms with Crippen molar-refractivity contribution in [3.8, 4) is 0 Å². The molecule has 0 aliphatic carbocycles. The van der Waals surface area contributed by atoms with E-state index in [0.717, 1.165) is 19.5 Å². The van der Waals surface area contributed by atoms with Crippen LogP contribution in [0.25, 0.3) is 0 Å². The maximum absolute atomic E-state index is 9.61. The van der Waals surface area contributed by atoms with Crippen LogP contribution in [0.15, 0.2) is 0 Å². The van der Waals surface area contributed by atoms with E-state index in [0.29, 0.717) is 12.5 Å². The van der Waals surface area contributed by atoms with Gasteiger partial charge in [0.15, 0.2) is 0 Å². The lowest BCUT2D eigenvalue weighted by molar-refractivity contribution is -0.00268. The lowest BCUT2D eigenvalue weighted by atomic mass is 10.0. The molecule has 1 saturated heterocycles. The molecule has 0 aromatic rings. The van der Waals surface area contributed by atoms with E-state index in [1.54, 1.807) is 0 Å². The van der Waals surface area contributed by atoms with Crippen molar-refractivity contribution in [2.75, 3.05) is 19.7 Å². The third kappa shape index (κ3) is 4.60. The lowest BCUT2D eigenvalue weighted by Gasteiger charge is -2.16. The first kappa shape index (κ1) is 11.0. The highest BCUT2D eigenvalue weighted by molar-refractivity contribution is 4.74. The summed E-state index contributed by atoms with van der Waals surface area (Å²) in [4.78, 5) is 0. The van der Waals surface area contributed by atoms with Crippen molar-refractivity contribution in [2.24, 2.45) is 5.92 Å². The number of rotatable bonds is 5. The predicted octanol–water partition coefficient (Wildman–Crippen LogP) is 0.772. The van der Waals surface area contributed by atoms with Crippen LogP contribution in [0.2, 0.25) is 0 Å². The van der Waals surface area contributed by atoms with Gasteiger partial charge in [0, 0.05) is 0 Å². The van der Waals surface area contributed by atoms with E-state index >= 15 is 0 Å². The second-order valence-corrected chi connectivity index (χ2v) is 4.13. The van der Waals surface area contributed by atoms with Gasteiger partial charge in [0.25, 0.3) is 0 Å². The quantitative estimate of drug-likeness (QED) is 0.668. The Bertz CT molecular complexity index is 133. The van der Waals surface area contributed by atoms with Crippen molar-refractivity contribution in [3.63, 3.8) is 0 Å². The van der Waals surface area contributed by atoms with Gasteiger partial charge in [0.1, 0.15) is 0 Å². The number of nitrogens with one attached hydrogen (secondary N) is 1. The molecule has 1 unspecified atom stereocenters. The topological polar surface area (TPSA) is 41.5 Å². The standard InChI is InChI=1S/C10H21NO2/c1-8(2)13-7-10(12)5-9-3-4-11-6-9/h8-12H,3-7H2,1-2H3/t9?,10-/m0/s1. The van der Waals surface area contributed by atoms with Crippen molar-refractivity contribution in [1.29, 1.82) is 0 Å². The van der Waals surface area contributed by atoms with Crippen LogP contribution >= 0.6 is 0 Å². The molecule has 1 rings (SSSR count). The van der Waals surface area contributed by atoms with Crippen LogP contribution in [0.4, 0.5) is 0 Å². The van der Waals surface area contributed by atoms with Gasteiger partial charge in [-0.3, -0.25) is 0 Å². The minimum atomic E-state index is -0.285. The van der Waals surface area contributed by atoms with E-state index in [1.165, 1.54) is 6.42 Å². The molecule has 2 atom stereocenters. The zero-order valence-electron chi connectivity index (χ0n) is 8.62. The van der Waals surface area contributed by atoms with E-state index in [-0.39, 0.29) is 12.2 Å². The molecular weight excluding hydrogens is 166 g/mol. The maximum atomic E-state index is 9.61. The Balaban J connectivity index is 2.05. The summed E-state index contributed by atoms with van der Waals surface area (Å²) in [7, 11) is 0. The van der Waals surface area contributed by atoms with Gasteiger partial charge in [0.05, 0.1) is 18.8 Å². The monoisotopic (exact) mass is 187 g/mol. The molecule has 0 aromatic heterocycles. The van der Waals surface area contributed by atoms with Gasteiger partial charge in [-0.2, -0.15) is 0 Å². The Hall–Kier alpha value is -0.120. The Morgan fingerprint density at radius 3 is 2.85 bits per heavy atom. The Morgan fingerprint density at radius 2 is 2.31 bits per heavy atom. The highest BCUT2D eigenvalue weighted by atomic mass is 16.5. The van der Waals surface area contributed by atoms with Crippen molar-refractivity contribution in [3.05, 3.63) is 0 Å². The summed E-state index contributed by atoms with van der Waals surface area (Å²) in [6.07, 6.45) is 2.00. The number of aliphatic hydroxyl groups is 1. The summed E-state index contributed by atoms with van der Waals surface area (Å²) in [5, 5.41) is 12.9. The van der Waals surface area contributed by atoms with Gasteiger partial charge in [-0.1, -0.05) is 0 Å². The van der Waals surface area contributed by atoms with Crippen LogP contribution < -0.4 is 5.32 Å². The summed E-state index contributed by atoms with van der Waals surface area (Å²) in [6, 6.07) is 0. The first-order valence-corrected chi connectivity index (χ1v) is 5.19. The van der Waals surface area contributed by atoms with Crippen molar-refractivity contribution >= 4 is 0 Å². The van der Waals surface area contributed by atoms with Crippen LogP contribution in [0, 0.1) is 5.92 Å². The smallest absolute Gasteiger partial charge is 0.0776 e. The van der Waals surface area contributed by atoms with Crippen molar-refractivity contribution in [2.45, 2.75) is 38.9 Å². The van der Waals surface area contributed by atoms with Crippen LogP contribution in [-0.4, -0.2) is 37.0 Å². The van der Waals surface area contributed by atoms with Crippen LogP contribution in [0.1, 0.15) is 26.7 Å². The number of aliphatic hydroxyl groups excluding tert-OH is 1. The fraction of sp³-hybridized carbons (Fsp3) is 1.00. The lowest BCUT2D eigenvalue weighted by Crippen LogP contribution is -2.22. The van der Waals surface area contributed by atoms with Gasteiger partial charge < -0.3 is 15.2 Å². The molecule has 1 aliphatic rings. The molecule has 1 aliphatic heterocycles. The second-order valence-electron chi connectivity index (χ2n) is 4.13. The van der Waals surface area contributed by atoms with Crippen LogP contribution in [-0.2, 0) is 4.74 Å². The summed E-state index contributed by atoms with van der Waals surface area (Å²) in [5.41, 5.74) is 0. The number of ether oxygens (including phenoxy) is 1. The Morgan fingerprint density at radius 1 is 1.54 bits per heavy atom. The summed E-state index contributed by atoms with van der Waals surface area (Å²) in [5.74, 6) is 0.644. The summed E-state index contributed by atoms with van der Waals surface area (Å²) >= 11 is 0. The molecule has 78 valence electrons. The first-order chi connectivity index (χ1) is 6.18. The molecule has 0 aromatic carbocycles. The molecule has 3 nitrogen and oxygen atoms in total. The Kier molecular flexibility index (Phi) is 4.70. The van der Waals surface area contributed by atoms with Crippen molar-refractivity contribution < 1.29 is 9.84 Å². The van der Waals surface area contributed by atoms with E-state index in [1.807, 2.05) is 13.8 Å². The normalized spacial score (nSPS) is 25.4. The predicted molar refractivity (Wildman–Crippen MR) is 52.7 cm³/mol. The minimum absolute atomic E-state index is 0.219. The third-order valence-corrected chi connectivity index (χ3v) is 2.39. The number of hydrogen-bond donors (Lipinski definition) is 2. The minimum Gasteiger partial charge on any atom is -0.391 e. The van der Waals surface area contributed by atoms with Crippen LogP contribution in [0.5, 0.6) is 0 Å². The summed E-state index contributed by atoms with van der Waals surface area (Å²) in [6.45, 7) is 6.61. The van der Waals surface area contributed by atoms with E-state index in [4.69, 9.17) is 4.74 Å². The molecule has 1 fully saturated rings. The molecule has 0 radical (unpaired) electrons. The average Bonchev–Trinajstić information content (AvgIpc) is 2.53. The SMILES string of the molecule is CC(C)OC[C@@H](O)CC1CCNC1. The molecule has 0 spiro atoms. The van der Waals surface area contributed by atoms with Gasteiger partial charge in [-0.15, -0.1) is 0 Å². The zero-order chi connectivity index (χ0) is 9.68. The van der Waals surface area contributed by atoms with Crippen molar-refractivity contribution in [1.82, 2.24) is 5.32 Å². The fourth-order valence-corrected chi connectivity index (χ4v) is 1.67. The molecular formula is C10H21NO2. The molecule has 1 heterocycles. The third-order valence-electron chi connectivity index (χ3n) is 2.39. The average molecular weight is 187 g/mol. The van der Waals surface area contributed by atoms with E-state index in [2.05, 4.69) is 5.32 Å². The maximum Gasteiger partial charge on any atom is 0.0776 e. The molecule has 0 amide bonds. The molecule has 13 heavy (non-hydrogen) atoms. The number of hydrogen-bond acceptors (Lipinski definition) is 3. The van der Waals surface area contributed by atoms with Gasteiger partial charge in [-0.05, 0) is 45.7 Å². The second kappa shape index (κ2) is 5.58. The van der Waals surface area contributed by atoms with Gasteiger partial charge >= 0.3 is 0 Å². The van der Waals surface area contributed by atoms with Gasteiger partial charge in [0.2, 0.25) is 0 Å².